The number of aliphatic hydroxyl groups is 1. The average Bonchev–Trinajstić information content (AvgIpc) is 2.19. The minimum Gasteiger partial charge on any atom is -0.389 e. The topological polar surface area (TPSA) is 67.5 Å². The van der Waals surface area contributed by atoms with Crippen molar-refractivity contribution in [2.45, 2.75) is 32.3 Å². The maximum atomic E-state index is 9.43. The van der Waals surface area contributed by atoms with E-state index in [0.29, 0.717) is 19.7 Å². The summed E-state index contributed by atoms with van der Waals surface area (Å²) in [7, 11) is 0. The Labute approximate surface area is 86.8 Å². The van der Waals surface area contributed by atoms with Crippen molar-refractivity contribution in [2.24, 2.45) is 5.73 Å². The highest BCUT2D eigenvalue weighted by Gasteiger charge is 2.02. The van der Waals surface area contributed by atoms with Crippen LogP contribution in [0.4, 0.5) is 0 Å². The number of nitrogens with one attached hydrogen (secondary N) is 1. The van der Waals surface area contributed by atoms with Gasteiger partial charge in [0, 0.05) is 13.2 Å². The molecule has 4 nitrogen and oxygen atoms in total. The van der Waals surface area contributed by atoms with Crippen LogP contribution in [0.1, 0.15) is 26.2 Å². The van der Waals surface area contributed by atoms with Gasteiger partial charge in [0.05, 0.1) is 12.7 Å². The monoisotopic (exact) mass is 204 g/mol. The zero-order chi connectivity index (χ0) is 10.6. The molecule has 4 heteroatoms. The van der Waals surface area contributed by atoms with Crippen LogP contribution in [0, 0.1) is 0 Å². The van der Waals surface area contributed by atoms with Crippen LogP contribution >= 0.6 is 0 Å². The van der Waals surface area contributed by atoms with E-state index in [0.717, 1.165) is 32.4 Å². The Balaban J connectivity index is 3.07. The fraction of sp³-hybridized carbons (Fsp3) is 1.00. The van der Waals surface area contributed by atoms with Gasteiger partial charge in [-0.3, -0.25) is 0 Å². The molecule has 0 saturated carbocycles. The fourth-order valence-corrected chi connectivity index (χ4v) is 1.02. The molecule has 0 aliphatic rings. The molecule has 0 heterocycles. The number of rotatable bonds is 10. The minimum atomic E-state index is -0.398. The van der Waals surface area contributed by atoms with Gasteiger partial charge >= 0.3 is 0 Å². The third-order valence-corrected chi connectivity index (χ3v) is 1.89. The van der Waals surface area contributed by atoms with Gasteiger partial charge < -0.3 is 20.9 Å². The number of hydrogen-bond acceptors (Lipinski definition) is 4. The summed E-state index contributed by atoms with van der Waals surface area (Å²) in [6.45, 7) is 5.44. The Bertz CT molecular complexity index is 100. The normalized spacial score (nSPS) is 13.1. The number of unbranched alkanes of at least 4 members (excludes halogenated alkanes) is 1. The number of nitrogens with two attached hydrogens (primary N) is 1. The summed E-state index contributed by atoms with van der Waals surface area (Å²) in [5.74, 6) is 0. The highest BCUT2D eigenvalue weighted by atomic mass is 16.5. The van der Waals surface area contributed by atoms with E-state index < -0.39 is 6.10 Å². The maximum Gasteiger partial charge on any atom is 0.0897 e. The Morgan fingerprint density at radius 2 is 2.21 bits per heavy atom. The SMILES string of the molecule is CCCCOCC(O)CNCCCN. The van der Waals surface area contributed by atoms with E-state index >= 15 is 0 Å². The molecule has 0 spiro atoms. The molecule has 0 bridgehead atoms. The van der Waals surface area contributed by atoms with E-state index in [4.69, 9.17) is 10.5 Å². The predicted octanol–water partition coefficient (Wildman–Crippen LogP) is 0.102. The van der Waals surface area contributed by atoms with Crippen LogP contribution in [0.3, 0.4) is 0 Å². The van der Waals surface area contributed by atoms with Crippen LogP contribution in [0.2, 0.25) is 0 Å². The van der Waals surface area contributed by atoms with Crippen LogP contribution in [0.5, 0.6) is 0 Å². The van der Waals surface area contributed by atoms with Crippen molar-refractivity contribution >= 4 is 0 Å². The van der Waals surface area contributed by atoms with Crippen molar-refractivity contribution in [1.82, 2.24) is 5.32 Å². The predicted molar refractivity (Wildman–Crippen MR) is 58.3 cm³/mol. The molecule has 0 aromatic carbocycles. The first-order valence-electron chi connectivity index (χ1n) is 5.47. The van der Waals surface area contributed by atoms with Crippen LogP contribution in [-0.2, 0) is 4.74 Å². The lowest BCUT2D eigenvalue weighted by Crippen LogP contribution is -2.31. The minimum absolute atomic E-state index is 0.398. The number of ether oxygens (including phenoxy) is 1. The summed E-state index contributed by atoms with van der Waals surface area (Å²) < 4.78 is 5.28. The van der Waals surface area contributed by atoms with Crippen LogP contribution in [0.25, 0.3) is 0 Å². The third kappa shape index (κ3) is 9.92. The van der Waals surface area contributed by atoms with Crippen molar-refractivity contribution in [3.8, 4) is 0 Å². The Morgan fingerprint density at radius 3 is 2.86 bits per heavy atom. The third-order valence-electron chi connectivity index (χ3n) is 1.89. The van der Waals surface area contributed by atoms with E-state index in [9.17, 15) is 5.11 Å². The Kier molecular flexibility index (Phi) is 10.8. The standard InChI is InChI=1S/C10H24N2O2/c1-2-3-7-14-9-10(13)8-12-6-4-5-11/h10,12-13H,2-9,11H2,1H3. The van der Waals surface area contributed by atoms with Crippen molar-refractivity contribution in [2.75, 3.05) is 32.8 Å². The van der Waals surface area contributed by atoms with Crippen LogP contribution in [-0.4, -0.2) is 44.1 Å². The van der Waals surface area contributed by atoms with Gasteiger partial charge in [-0.05, 0) is 25.9 Å². The van der Waals surface area contributed by atoms with Gasteiger partial charge in [-0.15, -0.1) is 0 Å². The van der Waals surface area contributed by atoms with Crippen molar-refractivity contribution < 1.29 is 9.84 Å². The summed E-state index contributed by atoms with van der Waals surface area (Å²) in [5, 5.41) is 12.5. The quantitative estimate of drug-likeness (QED) is 0.442. The second kappa shape index (κ2) is 10.9. The van der Waals surface area contributed by atoms with Crippen molar-refractivity contribution in [1.29, 1.82) is 0 Å². The first kappa shape index (κ1) is 13.8. The van der Waals surface area contributed by atoms with E-state index in [1.54, 1.807) is 0 Å². The van der Waals surface area contributed by atoms with Crippen LogP contribution < -0.4 is 11.1 Å². The Hall–Kier alpha value is -0.160. The largest absolute Gasteiger partial charge is 0.389 e. The summed E-state index contributed by atoms with van der Waals surface area (Å²) in [4.78, 5) is 0. The summed E-state index contributed by atoms with van der Waals surface area (Å²) in [5.41, 5.74) is 5.33. The molecule has 4 N–H and O–H groups in total. The van der Waals surface area contributed by atoms with Crippen molar-refractivity contribution in [3.05, 3.63) is 0 Å². The second-order valence-corrected chi connectivity index (χ2v) is 3.43. The molecule has 0 aromatic rings. The molecule has 0 aromatic heterocycles. The molecule has 0 saturated heterocycles. The lowest BCUT2D eigenvalue weighted by molar-refractivity contribution is 0.0360. The van der Waals surface area contributed by atoms with Gasteiger partial charge in [-0.2, -0.15) is 0 Å². The summed E-state index contributed by atoms with van der Waals surface area (Å²) >= 11 is 0. The Morgan fingerprint density at radius 1 is 1.43 bits per heavy atom. The summed E-state index contributed by atoms with van der Waals surface area (Å²) in [6.07, 6.45) is 2.74. The molecule has 1 unspecified atom stereocenters. The molecule has 0 fully saturated rings. The molecule has 0 amide bonds. The highest BCUT2D eigenvalue weighted by molar-refractivity contribution is 4.58. The molecule has 0 radical (unpaired) electrons. The average molecular weight is 204 g/mol. The lowest BCUT2D eigenvalue weighted by atomic mass is 10.3. The van der Waals surface area contributed by atoms with Gasteiger partial charge in [0.1, 0.15) is 0 Å². The van der Waals surface area contributed by atoms with Gasteiger partial charge in [0.25, 0.3) is 0 Å². The maximum absolute atomic E-state index is 9.43. The van der Waals surface area contributed by atoms with Gasteiger partial charge in [0.2, 0.25) is 0 Å². The molecule has 86 valence electrons. The van der Waals surface area contributed by atoms with E-state index in [1.807, 2.05) is 0 Å². The van der Waals surface area contributed by atoms with Gasteiger partial charge in [0.15, 0.2) is 0 Å². The molecule has 0 aliphatic heterocycles. The van der Waals surface area contributed by atoms with Crippen LogP contribution in [0.15, 0.2) is 0 Å². The van der Waals surface area contributed by atoms with E-state index in [1.165, 1.54) is 0 Å². The molecule has 1 atom stereocenters. The highest BCUT2D eigenvalue weighted by Crippen LogP contribution is 1.90. The number of aliphatic hydroxyl groups excluding tert-OH is 1. The zero-order valence-corrected chi connectivity index (χ0v) is 9.17. The molecular formula is C10H24N2O2. The second-order valence-electron chi connectivity index (χ2n) is 3.43. The number of hydrogen-bond donors (Lipinski definition) is 3. The summed E-state index contributed by atoms with van der Waals surface area (Å²) in [6, 6.07) is 0. The molecule has 0 aliphatic carbocycles. The van der Waals surface area contributed by atoms with Gasteiger partial charge in [-0.1, -0.05) is 13.3 Å². The first-order valence-corrected chi connectivity index (χ1v) is 5.47. The smallest absolute Gasteiger partial charge is 0.0897 e. The van der Waals surface area contributed by atoms with Gasteiger partial charge in [-0.25, -0.2) is 0 Å². The molecular weight excluding hydrogens is 180 g/mol. The zero-order valence-electron chi connectivity index (χ0n) is 9.17. The fourth-order valence-electron chi connectivity index (χ4n) is 1.02. The molecule has 0 rings (SSSR count). The first-order chi connectivity index (χ1) is 6.81. The van der Waals surface area contributed by atoms with E-state index in [-0.39, 0.29) is 0 Å². The lowest BCUT2D eigenvalue weighted by Gasteiger charge is -2.11. The van der Waals surface area contributed by atoms with E-state index in [2.05, 4.69) is 12.2 Å². The molecule has 14 heavy (non-hydrogen) atoms. The van der Waals surface area contributed by atoms with Crippen molar-refractivity contribution in [3.63, 3.8) is 0 Å².